The number of carbonyl (C=O) groups excluding carboxylic acids is 2. The molecule has 1 atom stereocenters. The minimum Gasteiger partial charge on any atom is -0.444 e. The number of fused-ring (bicyclic) bond motifs is 5. The van der Waals surface area contributed by atoms with Crippen molar-refractivity contribution in [3.8, 4) is 11.4 Å². The average molecular weight is 477 g/mol. The molecule has 3 heterocycles. The molecule has 2 aromatic heterocycles. The Kier molecular flexibility index (Phi) is 5.27. The Morgan fingerprint density at radius 3 is 2.80 bits per heavy atom. The molecule has 35 heavy (non-hydrogen) atoms. The molecule has 5 rings (SSSR count). The predicted molar refractivity (Wildman–Crippen MR) is 134 cm³/mol. The monoisotopic (exact) mass is 476 g/mol. The number of nitrogens with two attached hydrogens (primary N) is 1. The Bertz CT molecular complexity index is 1340. The minimum atomic E-state index is -0.546. The summed E-state index contributed by atoms with van der Waals surface area (Å²) in [6, 6.07) is 5.58. The van der Waals surface area contributed by atoms with Crippen LogP contribution in [0, 0.1) is 0 Å². The van der Waals surface area contributed by atoms with Gasteiger partial charge in [-0.1, -0.05) is 13.8 Å². The van der Waals surface area contributed by atoms with Crippen molar-refractivity contribution < 1.29 is 14.3 Å². The van der Waals surface area contributed by atoms with Crippen LogP contribution >= 0.6 is 0 Å². The number of likely N-dealkylation sites (tertiary alicyclic amines) is 1. The van der Waals surface area contributed by atoms with Gasteiger partial charge in [0.25, 0.3) is 5.91 Å². The third-order valence-electron chi connectivity index (χ3n) is 6.67. The standard InChI is InChI=1S/C26H32N6O3/c1-25(2,3)35-24(34)32-9-8-16(13-32)29-22(33)14-6-7-18-17(10-14)19-21(30-18)20-15(11-26(19,4)5)12-28-23(27)31-20/h6-7,10,12,16,30H,8-9,11,13H2,1-5H3,(H,29,33)(H2,27,28,31). The zero-order chi connectivity index (χ0) is 25.1. The molecule has 2 aliphatic rings. The number of nitrogen functional groups attached to an aromatic ring is 1. The molecule has 4 N–H and O–H groups in total. The first-order valence-electron chi connectivity index (χ1n) is 12.0. The van der Waals surface area contributed by atoms with Gasteiger partial charge in [0.15, 0.2) is 0 Å². The second-order valence-electron chi connectivity index (χ2n) is 11.2. The highest BCUT2D eigenvalue weighted by molar-refractivity contribution is 6.01. The van der Waals surface area contributed by atoms with Gasteiger partial charge >= 0.3 is 6.09 Å². The summed E-state index contributed by atoms with van der Waals surface area (Å²) < 4.78 is 5.46. The molecule has 0 bridgehead atoms. The van der Waals surface area contributed by atoms with Crippen molar-refractivity contribution in [2.45, 2.75) is 64.5 Å². The van der Waals surface area contributed by atoms with Gasteiger partial charge in [-0.05, 0) is 68.4 Å². The Labute approximate surface area is 204 Å². The minimum absolute atomic E-state index is 0.117. The number of H-pyrrole nitrogens is 1. The van der Waals surface area contributed by atoms with Crippen LogP contribution in [0.15, 0.2) is 24.4 Å². The molecule has 2 amide bonds. The summed E-state index contributed by atoms with van der Waals surface area (Å²) in [5.74, 6) is 0.0867. The number of carbonyl (C=O) groups is 2. The second kappa shape index (κ2) is 7.96. The zero-order valence-corrected chi connectivity index (χ0v) is 20.9. The van der Waals surface area contributed by atoms with E-state index in [2.05, 4.69) is 34.1 Å². The molecular formula is C26H32N6O3. The van der Waals surface area contributed by atoms with E-state index in [0.717, 1.165) is 39.8 Å². The molecular weight excluding hydrogens is 444 g/mol. The lowest BCUT2D eigenvalue weighted by molar-refractivity contribution is 0.0290. The molecule has 1 unspecified atom stereocenters. The van der Waals surface area contributed by atoms with E-state index in [1.807, 2.05) is 39.0 Å². The summed E-state index contributed by atoms with van der Waals surface area (Å²) in [6.07, 6.45) is 2.93. The Morgan fingerprint density at radius 1 is 1.29 bits per heavy atom. The number of ether oxygens (including phenoxy) is 1. The average Bonchev–Trinajstić information content (AvgIpc) is 3.38. The molecule has 1 aliphatic carbocycles. The third kappa shape index (κ3) is 4.31. The maximum absolute atomic E-state index is 13.2. The van der Waals surface area contributed by atoms with Gasteiger partial charge in [0, 0.05) is 41.8 Å². The molecule has 0 radical (unpaired) electrons. The number of aromatic amines is 1. The molecule has 0 saturated carbocycles. The van der Waals surface area contributed by atoms with Gasteiger partial charge in [-0.25, -0.2) is 14.8 Å². The summed E-state index contributed by atoms with van der Waals surface area (Å²) >= 11 is 0. The summed E-state index contributed by atoms with van der Waals surface area (Å²) in [5.41, 5.74) is 10.6. The van der Waals surface area contributed by atoms with Crippen LogP contribution in [-0.4, -0.2) is 56.6 Å². The zero-order valence-electron chi connectivity index (χ0n) is 20.9. The molecule has 1 fully saturated rings. The molecule has 9 nitrogen and oxygen atoms in total. The van der Waals surface area contributed by atoms with E-state index in [9.17, 15) is 9.59 Å². The van der Waals surface area contributed by atoms with Crippen molar-refractivity contribution >= 4 is 28.9 Å². The van der Waals surface area contributed by atoms with Crippen LogP contribution in [0.5, 0.6) is 0 Å². The number of nitrogens with zero attached hydrogens (tertiary/aromatic N) is 3. The first-order valence-corrected chi connectivity index (χ1v) is 12.0. The lowest BCUT2D eigenvalue weighted by Gasteiger charge is -2.31. The van der Waals surface area contributed by atoms with Crippen molar-refractivity contribution in [3.63, 3.8) is 0 Å². The number of nitrogens with one attached hydrogen (secondary N) is 2. The van der Waals surface area contributed by atoms with Crippen LogP contribution in [0.3, 0.4) is 0 Å². The lowest BCUT2D eigenvalue weighted by Crippen LogP contribution is -2.40. The van der Waals surface area contributed by atoms with Crippen LogP contribution in [-0.2, 0) is 16.6 Å². The number of hydrogen-bond donors (Lipinski definition) is 3. The molecule has 1 saturated heterocycles. The van der Waals surface area contributed by atoms with Crippen molar-refractivity contribution in [1.82, 2.24) is 25.2 Å². The number of benzene rings is 1. The van der Waals surface area contributed by atoms with E-state index in [1.54, 1.807) is 11.1 Å². The van der Waals surface area contributed by atoms with E-state index in [-0.39, 0.29) is 29.4 Å². The van der Waals surface area contributed by atoms with E-state index in [0.29, 0.717) is 25.1 Å². The topological polar surface area (TPSA) is 126 Å². The van der Waals surface area contributed by atoms with Crippen LogP contribution in [0.2, 0.25) is 0 Å². The first-order chi connectivity index (χ1) is 16.4. The van der Waals surface area contributed by atoms with Crippen LogP contribution in [0.1, 0.15) is 62.5 Å². The summed E-state index contributed by atoms with van der Waals surface area (Å²) in [4.78, 5) is 39.3. The van der Waals surface area contributed by atoms with Gasteiger partial charge in [0.2, 0.25) is 5.95 Å². The Hall–Kier alpha value is -3.62. The third-order valence-corrected chi connectivity index (χ3v) is 6.67. The van der Waals surface area contributed by atoms with E-state index in [4.69, 9.17) is 10.5 Å². The van der Waals surface area contributed by atoms with Gasteiger partial charge in [0.1, 0.15) is 5.60 Å². The van der Waals surface area contributed by atoms with E-state index in [1.165, 1.54) is 0 Å². The highest BCUT2D eigenvalue weighted by atomic mass is 16.6. The van der Waals surface area contributed by atoms with Crippen LogP contribution in [0.25, 0.3) is 22.3 Å². The molecule has 3 aromatic rings. The lowest BCUT2D eigenvalue weighted by atomic mass is 9.73. The fourth-order valence-corrected chi connectivity index (χ4v) is 5.18. The Balaban J connectivity index is 1.39. The molecule has 184 valence electrons. The largest absolute Gasteiger partial charge is 0.444 e. The normalized spacial score (nSPS) is 18.8. The highest BCUT2D eigenvalue weighted by Gasteiger charge is 2.36. The number of hydrogen-bond acceptors (Lipinski definition) is 6. The number of amides is 2. The fourth-order valence-electron chi connectivity index (χ4n) is 5.18. The number of rotatable bonds is 2. The molecule has 0 spiro atoms. The predicted octanol–water partition coefficient (Wildman–Crippen LogP) is 3.78. The summed E-state index contributed by atoms with van der Waals surface area (Å²) in [7, 11) is 0. The van der Waals surface area contributed by atoms with Crippen molar-refractivity contribution in [3.05, 3.63) is 41.1 Å². The SMILES string of the molecule is CC(C)(C)OC(=O)N1CCC(NC(=O)c2ccc3[nH]c4c(c3c2)C(C)(C)Cc2cnc(N)nc2-4)C1. The maximum Gasteiger partial charge on any atom is 0.410 e. The first kappa shape index (κ1) is 23.1. The van der Waals surface area contributed by atoms with E-state index < -0.39 is 5.60 Å². The van der Waals surface area contributed by atoms with Gasteiger partial charge < -0.3 is 25.7 Å². The number of anilines is 1. The van der Waals surface area contributed by atoms with Crippen molar-refractivity contribution in [2.24, 2.45) is 0 Å². The van der Waals surface area contributed by atoms with Gasteiger partial charge in [-0.2, -0.15) is 0 Å². The van der Waals surface area contributed by atoms with Gasteiger partial charge in [0.05, 0.1) is 11.4 Å². The molecule has 9 heteroatoms. The maximum atomic E-state index is 13.2. The highest BCUT2D eigenvalue weighted by Crippen LogP contribution is 2.45. The molecule has 1 aromatic carbocycles. The quantitative estimate of drug-likeness (QED) is 0.517. The second-order valence-corrected chi connectivity index (χ2v) is 11.2. The number of aromatic nitrogens is 3. The smallest absolute Gasteiger partial charge is 0.410 e. The summed E-state index contributed by atoms with van der Waals surface area (Å²) in [6.45, 7) is 10.9. The molecule has 1 aliphatic heterocycles. The van der Waals surface area contributed by atoms with Crippen molar-refractivity contribution in [2.75, 3.05) is 18.8 Å². The van der Waals surface area contributed by atoms with Gasteiger partial charge in [-0.3, -0.25) is 4.79 Å². The van der Waals surface area contributed by atoms with Crippen LogP contribution in [0.4, 0.5) is 10.7 Å². The summed E-state index contributed by atoms with van der Waals surface area (Å²) in [5, 5.41) is 4.09. The van der Waals surface area contributed by atoms with Gasteiger partial charge in [-0.15, -0.1) is 0 Å². The van der Waals surface area contributed by atoms with Crippen molar-refractivity contribution in [1.29, 1.82) is 0 Å². The van der Waals surface area contributed by atoms with E-state index >= 15 is 0 Å². The van der Waals surface area contributed by atoms with Crippen LogP contribution < -0.4 is 11.1 Å². The fraction of sp³-hybridized carbons (Fsp3) is 0.462. The Morgan fingerprint density at radius 2 is 2.06 bits per heavy atom.